The summed E-state index contributed by atoms with van der Waals surface area (Å²) in [4.78, 5) is 6.31. The lowest BCUT2D eigenvalue weighted by atomic mass is 10.2. The molecule has 16 heavy (non-hydrogen) atoms. The van der Waals surface area contributed by atoms with E-state index in [1.54, 1.807) is 20.2 Å². The number of likely N-dealkylation sites (N-methyl/N-ethyl adjacent to an activating group) is 1. The van der Waals surface area contributed by atoms with Crippen molar-refractivity contribution in [2.24, 2.45) is 0 Å². The SMILES string of the molecule is COCC(C)N(C)c1ccc([C@@H](C)O)nc1. The first-order valence-electron chi connectivity index (χ1n) is 5.42. The van der Waals surface area contributed by atoms with E-state index in [0.717, 1.165) is 5.69 Å². The van der Waals surface area contributed by atoms with E-state index in [4.69, 9.17) is 4.74 Å². The van der Waals surface area contributed by atoms with Crippen LogP contribution in [-0.4, -0.2) is 36.9 Å². The fraction of sp³-hybridized carbons (Fsp3) is 0.583. The molecule has 1 rings (SSSR count). The molecular formula is C12H20N2O2. The highest BCUT2D eigenvalue weighted by atomic mass is 16.5. The van der Waals surface area contributed by atoms with Crippen LogP contribution < -0.4 is 4.90 Å². The molecule has 1 unspecified atom stereocenters. The molecule has 0 radical (unpaired) electrons. The number of hydrogen-bond acceptors (Lipinski definition) is 4. The highest BCUT2D eigenvalue weighted by Gasteiger charge is 2.10. The van der Waals surface area contributed by atoms with Crippen molar-refractivity contribution in [2.45, 2.75) is 26.0 Å². The Hall–Kier alpha value is -1.13. The minimum absolute atomic E-state index is 0.296. The fourth-order valence-electron chi connectivity index (χ4n) is 1.46. The summed E-state index contributed by atoms with van der Waals surface area (Å²) < 4.78 is 5.11. The Morgan fingerprint density at radius 3 is 2.56 bits per heavy atom. The van der Waals surface area contributed by atoms with Gasteiger partial charge in [0.15, 0.2) is 0 Å². The van der Waals surface area contributed by atoms with Gasteiger partial charge in [0.1, 0.15) is 0 Å². The monoisotopic (exact) mass is 224 g/mol. The predicted molar refractivity (Wildman–Crippen MR) is 64.6 cm³/mol. The third kappa shape index (κ3) is 3.18. The van der Waals surface area contributed by atoms with Crippen LogP contribution in [0, 0.1) is 0 Å². The van der Waals surface area contributed by atoms with Crippen LogP contribution in [-0.2, 0) is 4.74 Å². The van der Waals surface area contributed by atoms with E-state index >= 15 is 0 Å². The van der Waals surface area contributed by atoms with Crippen molar-refractivity contribution < 1.29 is 9.84 Å². The minimum Gasteiger partial charge on any atom is -0.387 e. The van der Waals surface area contributed by atoms with E-state index in [1.807, 2.05) is 19.2 Å². The second kappa shape index (κ2) is 5.82. The summed E-state index contributed by atoms with van der Waals surface area (Å²) in [6, 6.07) is 4.10. The highest BCUT2D eigenvalue weighted by Crippen LogP contribution is 2.17. The quantitative estimate of drug-likeness (QED) is 0.825. The third-order valence-electron chi connectivity index (χ3n) is 2.68. The zero-order valence-corrected chi connectivity index (χ0v) is 10.3. The lowest BCUT2D eigenvalue weighted by molar-refractivity contribution is 0.183. The molecule has 0 aliphatic carbocycles. The van der Waals surface area contributed by atoms with E-state index < -0.39 is 6.10 Å². The van der Waals surface area contributed by atoms with Crippen molar-refractivity contribution in [1.82, 2.24) is 4.98 Å². The Bertz CT molecular complexity index is 311. The number of ether oxygens (including phenoxy) is 1. The molecule has 0 fully saturated rings. The van der Waals surface area contributed by atoms with Crippen LogP contribution >= 0.6 is 0 Å². The Labute approximate surface area is 96.9 Å². The minimum atomic E-state index is -0.518. The molecule has 4 heteroatoms. The first-order valence-corrected chi connectivity index (χ1v) is 5.42. The molecule has 1 heterocycles. The number of aromatic nitrogens is 1. The molecule has 4 nitrogen and oxygen atoms in total. The van der Waals surface area contributed by atoms with Gasteiger partial charge in [0, 0.05) is 20.2 Å². The molecule has 1 N–H and O–H groups in total. The van der Waals surface area contributed by atoms with E-state index in [9.17, 15) is 5.11 Å². The smallest absolute Gasteiger partial charge is 0.0931 e. The normalized spacial score (nSPS) is 14.6. The van der Waals surface area contributed by atoms with Crippen LogP contribution in [0.25, 0.3) is 0 Å². The topological polar surface area (TPSA) is 45.6 Å². The van der Waals surface area contributed by atoms with Gasteiger partial charge in [-0.3, -0.25) is 4.98 Å². The fourth-order valence-corrected chi connectivity index (χ4v) is 1.46. The number of aliphatic hydroxyl groups is 1. The molecule has 2 atom stereocenters. The Morgan fingerprint density at radius 2 is 2.12 bits per heavy atom. The van der Waals surface area contributed by atoms with Crippen LogP contribution in [0.2, 0.25) is 0 Å². The molecule has 0 amide bonds. The van der Waals surface area contributed by atoms with Crippen molar-refractivity contribution in [3.63, 3.8) is 0 Å². The largest absolute Gasteiger partial charge is 0.387 e. The van der Waals surface area contributed by atoms with Crippen molar-refractivity contribution in [3.8, 4) is 0 Å². The summed E-state index contributed by atoms with van der Waals surface area (Å²) >= 11 is 0. The standard InChI is InChI=1S/C12H20N2O2/c1-9(8-16-4)14(3)11-5-6-12(10(2)15)13-7-11/h5-7,9-10,15H,8H2,1-4H3/t9?,10-/m1/s1. The van der Waals surface area contributed by atoms with Crippen LogP contribution in [0.5, 0.6) is 0 Å². The van der Waals surface area contributed by atoms with Crippen molar-refractivity contribution in [3.05, 3.63) is 24.0 Å². The average Bonchev–Trinajstić information content (AvgIpc) is 2.28. The number of nitrogens with zero attached hydrogens (tertiary/aromatic N) is 2. The average molecular weight is 224 g/mol. The summed E-state index contributed by atoms with van der Waals surface area (Å²) in [6.07, 6.45) is 1.25. The summed E-state index contributed by atoms with van der Waals surface area (Å²) in [5.41, 5.74) is 1.71. The van der Waals surface area contributed by atoms with Gasteiger partial charge in [0.2, 0.25) is 0 Å². The second-order valence-corrected chi connectivity index (χ2v) is 4.03. The lowest BCUT2D eigenvalue weighted by Crippen LogP contribution is -2.32. The number of aliphatic hydroxyl groups excluding tert-OH is 1. The van der Waals surface area contributed by atoms with Gasteiger partial charge >= 0.3 is 0 Å². The predicted octanol–water partition coefficient (Wildman–Crippen LogP) is 1.61. The molecule has 1 aromatic heterocycles. The van der Waals surface area contributed by atoms with Crippen molar-refractivity contribution >= 4 is 5.69 Å². The lowest BCUT2D eigenvalue weighted by Gasteiger charge is -2.26. The van der Waals surface area contributed by atoms with Gasteiger partial charge in [-0.25, -0.2) is 0 Å². The number of methoxy groups -OCH3 is 1. The van der Waals surface area contributed by atoms with Crippen LogP contribution in [0.3, 0.4) is 0 Å². The van der Waals surface area contributed by atoms with Gasteiger partial charge in [-0.2, -0.15) is 0 Å². The van der Waals surface area contributed by atoms with Crippen molar-refractivity contribution in [1.29, 1.82) is 0 Å². The van der Waals surface area contributed by atoms with Gasteiger partial charge < -0.3 is 14.7 Å². The highest BCUT2D eigenvalue weighted by molar-refractivity contribution is 5.44. The zero-order valence-electron chi connectivity index (χ0n) is 10.3. The molecule has 0 bridgehead atoms. The van der Waals surface area contributed by atoms with Gasteiger partial charge in [-0.05, 0) is 26.0 Å². The van der Waals surface area contributed by atoms with E-state index in [2.05, 4.69) is 16.8 Å². The van der Waals surface area contributed by atoms with Gasteiger partial charge in [0.25, 0.3) is 0 Å². The molecular weight excluding hydrogens is 204 g/mol. The molecule has 1 aromatic rings. The summed E-state index contributed by atoms with van der Waals surface area (Å²) in [5.74, 6) is 0. The zero-order chi connectivity index (χ0) is 12.1. The maximum atomic E-state index is 9.35. The van der Waals surface area contributed by atoms with Crippen LogP contribution in [0.4, 0.5) is 5.69 Å². The summed E-state index contributed by atoms with van der Waals surface area (Å²) in [5, 5.41) is 9.35. The molecule has 0 saturated heterocycles. The number of pyridine rings is 1. The Balaban J connectivity index is 2.73. The van der Waals surface area contributed by atoms with Gasteiger partial charge in [-0.15, -0.1) is 0 Å². The van der Waals surface area contributed by atoms with E-state index in [0.29, 0.717) is 18.3 Å². The number of hydrogen-bond donors (Lipinski definition) is 1. The van der Waals surface area contributed by atoms with Crippen LogP contribution in [0.1, 0.15) is 25.6 Å². The van der Waals surface area contributed by atoms with E-state index in [1.165, 1.54) is 0 Å². The second-order valence-electron chi connectivity index (χ2n) is 4.03. The first kappa shape index (κ1) is 12.9. The maximum Gasteiger partial charge on any atom is 0.0931 e. The van der Waals surface area contributed by atoms with Gasteiger partial charge in [-0.1, -0.05) is 0 Å². The van der Waals surface area contributed by atoms with E-state index in [-0.39, 0.29) is 0 Å². The van der Waals surface area contributed by atoms with Crippen molar-refractivity contribution in [2.75, 3.05) is 25.7 Å². The summed E-state index contributed by atoms with van der Waals surface area (Å²) in [6.45, 7) is 4.47. The maximum absolute atomic E-state index is 9.35. The Kier molecular flexibility index (Phi) is 4.71. The molecule has 0 spiro atoms. The summed E-state index contributed by atoms with van der Waals surface area (Å²) in [7, 11) is 3.70. The molecule has 0 aromatic carbocycles. The van der Waals surface area contributed by atoms with Gasteiger partial charge in [0.05, 0.1) is 30.3 Å². The number of rotatable bonds is 5. The molecule has 90 valence electrons. The third-order valence-corrected chi connectivity index (χ3v) is 2.68. The molecule has 0 aliphatic rings. The first-order chi connectivity index (χ1) is 7.56. The Morgan fingerprint density at radius 1 is 1.44 bits per heavy atom. The number of anilines is 1. The molecule has 0 saturated carbocycles. The molecule has 0 aliphatic heterocycles. The van der Waals surface area contributed by atoms with Crippen LogP contribution in [0.15, 0.2) is 18.3 Å².